The molecule has 0 amide bonds. The van der Waals surface area contributed by atoms with Crippen LogP contribution in [0.4, 0.5) is 0 Å². The Kier molecular flexibility index (Phi) is 7.35. The number of nitriles is 1. The van der Waals surface area contributed by atoms with Crippen molar-refractivity contribution in [1.82, 2.24) is 0 Å². The Labute approximate surface area is 136 Å². The third kappa shape index (κ3) is 7.02. The smallest absolute Gasteiger partial charge is 0.186 e. The summed E-state index contributed by atoms with van der Waals surface area (Å²) in [7, 11) is -2.61. The van der Waals surface area contributed by atoms with Crippen LogP contribution in [-0.2, 0) is 21.4 Å². The largest absolute Gasteiger partial charge is 0.744 e. The second-order valence-corrected chi connectivity index (χ2v) is 6.08. The lowest BCUT2D eigenvalue weighted by Gasteiger charge is -2.05. The Morgan fingerprint density at radius 1 is 1.26 bits per heavy atom. The molecule has 7 heteroatoms. The number of aryl methyl sites for hydroxylation is 1. The maximum atomic E-state index is 10.4. The fourth-order valence-corrected chi connectivity index (χ4v) is 2.10. The van der Waals surface area contributed by atoms with Gasteiger partial charge in [-0.15, -0.1) is 0 Å². The van der Waals surface area contributed by atoms with Gasteiger partial charge >= 0.3 is 0 Å². The first-order valence-electron chi connectivity index (χ1n) is 6.77. The van der Waals surface area contributed by atoms with E-state index in [1.54, 1.807) is 31.5 Å². The second kappa shape index (κ2) is 9.00. The molecular weight excluding hydrogens is 316 g/mol. The van der Waals surface area contributed by atoms with Gasteiger partial charge in [0.1, 0.15) is 28.4 Å². The van der Waals surface area contributed by atoms with Gasteiger partial charge in [-0.2, -0.15) is 5.26 Å². The molecule has 1 heterocycles. The van der Waals surface area contributed by atoms with Crippen LogP contribution in [0.2, 0.25) is 0 Å². The van der Waals surface area contributed by atoms with Gasteiger partial charge in [-0.25, -0.2) is 13.0 Å². The summed E-state index contributed by atoms with van der Waals surface area (Å²) < 4.78 is 38.0. The molecule has 2 aromatic rings. The molecule has 1 aromatic carbocycles. The highest BCUT2D eigenvalue weighted by Crippen LogP contribution is 2.08. The molecule has 0 unspecified atom stereocenters. The molecule has 2 rings (SSSR count). The number of methoxy groups -OCH3 is 1. The molecule has 0 aliphatic carbocycles. The highest BCUT2D eigenvalue weighted by atomic mass is 32.2. The predicted molar refractivity (Wildman–Crippen MR) is 82.4 cm³/mol. The third-order valence-electron chi connectivity index (χ3n) is 2.85. The first kappa shape index (κ1) is 18.8. The summed E-state index contributed by atoms with van der Waals surface area (Å²) in [5.74, 6) is 0. The first-order valence-corrected chi connectivity index (χ1v) is 8.18. The summed E-state index contributed by atoms with van der Waals surface area (Å²) in [6.07, 6.45) is 3.72. The lowest BCUT2D eigenvalue weighted by atomic mass is 10.2. The molecule has 0 N–H and O–H groups in total. The van der Waals surface area contributed by atoms with Crippen LogP contribution >= 0.6 is 0 Å². The minimum atomic E-state index is -4.27. The molecule has 0 saturated carbocycles. The van der Waals surface area contributed by atoms with Crippen LogP contribution in [0.15, 0.2) is 53.7 Å². The number of aromatic nitrogens is 1. The molecule has 0 bridgehead atoms. The van der Waals surface area contributed by atoms with Crippen LogP contribution in [0.5, 0.6) is 0 Å². The monoisotopic (exact) mass is 334 g/mol. The summed E-state index contributed by atoms with van der Waals surface area (Å²) in [4.78, 5) is -0.178. The SMILES string of the molecule is COCC[n+]1cccc(C#N)c1.Cc1ccc(S(=O)(=O)[O-])cc1. The van der Waals surface area contributed by atoms with Gasteiger partial charge in [-0.05, 0) is 25.1 Å². The first-order chi connectivity index (χ1) is 10.9. The number of ether oxygens (including phenoxy) is 1. The van der Waals surface area contributed by atoms with E-state index in [4.69, 9.17) is 10.00 Å². The summed E-state index contributed by atoms with van der Waals surface area (Å²) in [6.45, 7) is 3.27. The summed E-state index contributed by atoms with van der Waals surface area (Å²) in [5, 5.41) is 8.59. The van der Waals surface area contributed by atoms with Crippen LogP contribution in [0.1, 0.15) is 11.1 Å². The number of benzene rings is 1. The van der Waals surface area contributed by atoms with Gasteiger partial charge < -0.3 is 9.29 Å². The molecule has 23 heavy (non-hydrogen) atoms. The Morgan fingerprint density at radius 2 is 1.91 bits per heavy atom. The molecule has 0 spiro atoms. The fraction of sp³-hybridized carbons (Fsp3) is 0.250. The molecule has 0 aliphatic rings. The average molecular weight is 334 g/mol. The van der Waals surface area contributed by atoms with Crippen LogP contribution in [0.3, 0.4) is 0 Å². The normalized spacial score (nSPS) is 10.3. The highest BCUT2D eigenvalue weighted by Gasteiger charge is 2.00. The quantitative estimate of drug-likeness (QED) is 0.622. The number of hydrogen-bond acceptors (Lipinski definition) is 5. The van der Waals surface area contributed by atoms with Gasteiger partial charge in [0.25, 0.3) is 0 Å². The van der Waals surface area contributed by atoms with E-state index >= 15 is 0 Å². The van der Waals surface area contributed by atoms with Crippen LogP contribution in [0, 0.1) is 18.3 Å². The zero-order valence-electron chi connectivity index (χ0n) is 13.0. The van der Waals surface area contributed by atoms with Gasteiger partial charge in [0.15, 0.2) is 18.9 Å². The molecule has 1 aromatic heterocycles. The van der Waals surface area contributed by atoms with Crippen molar-refractivity contribution in [3.63, 3.8) is 0 Å². The Hall–Kier alpha value is -2.27. The van der Waals surface area contributed by atoms with Crippen LogP contribution in [0.25, 0.3) is 0 Å². The number of rotatable bonds is 4. The Bertz CT molecular complexity index is 765. The maximum absolute atomic E-state index is 10.4. The number of hydrogen-bond donors (Lipinski definition) is 0. The van der Waals surface area contributed by atoms with E-state index in [9.17, 15) is 13.0 Å². The van der Waals surface area contributed by atoms with Crippen molar-refractivity contribution in [2.24, 2.45) is 0 Å². The molecule has 0 saturated heterocycles. The van der Waals surface area contributed by atoms with E-state index in [0.717, 1.165) is 12.1 Å². The van der Waals surface area contributed by atoms with E-state index in [1.165, 1.54) is 12.1 Å². The van der Waals surface area contributed by atoms with Crippen molar-refractivity contribution >= 4 is 10.1 Å². The summed E-state index contributed by atoms with van der Waals surface area (Å²) in [6, 6.07) is 11.5. The van der Waals surface area contributed by atoms with E-state index in [0.29, 0.717) is 12.2 Å². The van der Waals surface area contributed by atoms with E-state index in [1.807, 2.05) is 23.8 Å². The van der Waals surface area contributed by atoms with Gasteiger partial charge in [0.2, 0.25) is 0 Å². The van der Waals surface area contributed by atoms with Crippen molar-refractivity contribution in [2.45, 2.75) is 18.4 Å². The molecule has 0 atom stereocenters. The molecule has 6 nitrogen and oxygen atoms in total. The van der Waals surface area contributed by atoms with Gasteiger partial charge in [-0.1, -0.05) is 17.7 Å². The van der Waals surface area contributed by atoms with Crippen LogP contribution in [-0.4, -0.2) is 26.7 Å². The maximum Gasteiger partial charge on any atom is 0.186 e. The minimum absolute atomic E-state index is 0.178. The summed E-state index contributed by atoms with van der Waals surface area (Å²) in [5.41, 5.74) is 1.60. The van der Waals surface area contributed by atoms with Gasteiger partial charge in [0.05, 0.1) is 4.90 Å². The zero-order valence-corrected chi connectivity index (χ0v) is 13.8. The van der Waals surface area contributed by atoms with E-state index < -0.39 is 10.1 Å². The molecular formula is C16H18N2O4S. The van der Waals surface area contributed by atoms with Gasteiger partial charge in [-0.3, -0.25) is 0 Å². The van der Waals surface area contributed by atoms with E-state index in [2.05, 4.69) is 6.07 Å². The van der Waals surface area contributed by atoms with Crippen molar-refractivity contribution in [3.8, 4) is 6.07 Å². The lowest BCUT2D eigenvalue weighted by molar-refractivity contribution is -0.698. The molecule has 0 fully saturated rings. The summed E-state index contributed by atoms with van der Waals surface area (Å²) >= 11 is 0. The van der Waals surface area contributed by atoms with Gasteiger partial charge in [0, 0.05) is 13.2 Å². The molecule has 0 radical (unpaired) electrons. The standard InChI is InChI=1S/C9H11N2O.C7H8O3S/c1-12-6-5-11-4-2-3-9(7-10)8-11;1-6-2-4-7(5-3-6)11(8,9)10/h2-4,8H,5-6H2,1H3;2-5H,1H3,(H,8,9,10)/q+1;/p-1. The molecule has 122 valence electrons. The number of pyridine rings is 1. The molecule has 0 aliphatic heterocycles. The number of nitrogens with zero attached hydrogens (tertiary/aromatic N) is 2. The third-order valence-corrected chi connectivity index (χ3v) is 3.70. The lowest BCUT2D eigenvalue weighted by Crippen LogP contribution is -2.35. The zero-order chi connectivity index (χ0) is 17.3. The van der Waals surface area contributed by atoms with Crippen molar-refractivity contribution in [2.75, 3.05) is 13.7 Å². The van der Waals surface area contributed by atoms with Crippen LogP contribution < -0.4 is 4.57 Å². The topological polar surface area (TPSA) is 94.1 Å². The second-order valence-electron chi connectivity index (χ2n) is 4.70. The minimum Gasteiger partial charge on any atom is -0.744 e. The van der Waals surface area contributed by atoms with Crippen molar-refractivity contribution < 1.29 is 22.3 Å². The Morgan fingerprint density at radius 3 is 2.43 bits per heavy atom. The Balaban J connectivity index is 0.000000231. The predicted octanol–water partition coefficient (Wildman–Crippen LogP) is 1.39. The van der Waals surface area contributed by atoms with Crippen molar-refractivity contribution in [3.05, 3.63) is 59.9 Å². The fourth-order valence-electron chi connectivity index (χ4n) is 1.63. The highest BCUT2D eigenvalue weighted by molar-refractivity contribution is 7.85. The van der Waals surface area contributed by atoms with Crippen molar-refractivity contribution in [1.29, 1.82) is 5.26 Å². The average Bonchev–Trinajstić information content (AvgIpc) is 2.53. The van der Waals surface area contributed by atoms with E-state index in [-0.39, 0.29) is 4.90 Å².